The highest BCUT2D eigenvalue weighted by molar-refractivity contribution is 7.14. The van der Waals surface area contributed by atoms with E-state index in [1.54, 1.807) is 44.2 Å². The Morgan fingerprint density at radius 3 is 2.58 bits per heavy atom. The van der Waals surface area contributed by atoms with Crippen molar-refractivity contribution in [2.24, 2.45) is 0 Å². The van der Waals surface area contributed by atoms with Crippen molar-refractivity contribution >= 4 is 28.7 Å². The van der Waals surface area contributed by atoms with Crippen molar-refractivity contribution in [2.45, 2.75) is 19.9 Å². The number of methoxy groups -OCH3 is 1. The molecule has 1 N–H and O–H groups in total. The third kappa shape index (κ3) is 3.48. The number of hydrogen-bond acceptors (Lipinski definition) is 6. The first-order valence-electron chi connectivity index (χ1n) is 9.47. The average Bonchev–Trinajstić information content (AvgIpc) is 3.23. The summed E-state index contributed by atoms with van der Waals surface area (Å²) in [7, 11) is 1.48. The van der Waals surface area contributed by atoms with Crippen LogP contribution in [0.15, 0.2) is 59.9 Å². The Morgan fingerprint density at radius 2 is 1.94 bits per heavy atom. The van der Waals surface area contributed by atoms with Crippen LogP contribution in [0.3, 0.4) is 0 Å². The van der Waals surface area contributed by atoms with Gasteiger partial charge in [-0.1, -0.05) is 24.3 Å². The van der Waals surface area contributed by atoms with Crippen LogP contribution < -0.4 is 9.64 Å². The normalized spacial score (nSPS) is 16.2. The topological polar surface area (TPSA) is 79.7 Å². The highest BCUT2D eigenvalue weighted by Gasteiger charge is 2.46. The molecule has 0 radical (unpaired) electrons. The van der Waals surface area contributed by atoms with Gasteiger partial charge in [-0.05, 0) is 38.1 Å². The summed E-state index contributed by atoms with van der Waals surface area (Å²) >= 11 is 1.19. The number of aliphatic hydroxyl groups excluding tert-OH is 1. The Morgan fingerprint density at radius 1 is 1.19 bits per heavy atom. The summed E-state index contributed by atoms with van der Waals surface area (Å²) in [5.41, 5.74) is 1.13. The number of aliphatic hydroxyl groups is 1. The summed E-state index contributed by atoms with van der Waals surface area (Å²) in [6, 6.07) is 11.4. The van der Waals surface area contributed by atoms with Gasteiger partial charge in [0.1, 0.15) is 11.6 Å². The number of rotatable bonds is 5. The maximum absolute atomic E-state index is 14.0. The maximum Gasteiger partial charge on any atom is 0.294 e. The number of aryl methyl sites for hydroxylation is 2. The Bertz CT molecular complexity index is 1230. The van der Waals surface area contributed by atoms with Gasteiger partial charge in [0, 0.05) is 11.3 Å². The third-order valence-corrected chi connectivity index (χ3v) is 6.15. The Labute approximate surface area is 182 Å². The molecule has 3 aromatic rings. The molecule has 1 aliphatic rings. The van der Waals surface area contributed by atoms with Gasteiger partial charge in [0.15, 0.2) is 5.76 Å². The van der Waals surface area contributed by atoms with E-state index >= 15 is 0 Å². The summed E-state index contributed by atoms with van der Waals surface area (Å²) in [5, 5.41) is 11.5. The summed E-state index contributed by atoms with van der Waals surface area (Å²) in [5.74, 6) is -2.07. The molecule has 31 heavy (non-hydrogen) atoms. The quantitative estimate of drug-likeness (QED) is 0.585. The number of amides is 1. The van der Waals surface area contributed by atoms with E-state index < -0.39 is 29.3 Å². The fraction of sp³-hybridized carbons (Fsp3) is 0.174. The minimum absolute atomic E-state index is 0.0921. The van der Waals surface area contributed by atoms with Gasteiger partial charge in [0.25, 0.3) is 5.91 Å². The summed E-state index contributed by atoms with van der Waals surface area (Å²) in [4.78, 5) is 32.5. The zero-order valence-electron chi connectivity index (χ0n) is 17.0. The second kappa shape index (κ2) is 7.96. The molecule has 2 aromatic carbocycles. The van der Waals surface area contributed by atoms with Gasteiger partial charge >= 0.3 is 0 Å². The van der Waals surface area contributed by atoms with Crippen molar-refractivity contribution in [3.8, 4) is 5.75 Å². The van der Waals surface area contributed by atoms with Gasteiger partial charge in [-0.2, -0.15) is 0 Å². The summed E-state index contributed by atoms with van der Waals surface area (Å²) < 4.78 is 19.4. The van der Waals surface area contributed by atoms with Crippen molar-refractivity contribution in [1.29, 1.82) is 0 Å². The standard InChI is InChI=1S/C23H19FN2O4S/c1-12-22(31-13(2)25-12)20(27)18-19(16-9-4-5-10-17(16)30-3)26(23(29)21(18)28)15-8-6-7-14(24)11-15/h4-11,19,28H,1-3H3. The lowest BCUT2D eigenvalue weighted by atomic mass is 9.94. The number of para-hydroxylation sites is 1. The maximum atomic E-state index is 14.0. The van der Waals surface area contributed by atoms with Crippen LogP contribution in [0, 0.1) is 19.7 Å². The molecule has 2 heterocycles. The number of halogens is 1. The molecule has 6 nitrogen and oxygen atoms in total. The van der Waals surface area contributed by atoms with E-state index in [1.807, 2.05) is 0 Å². The number of benzene rings is 2. The first kappa shape index (κ1) is 20.7. The fourth-order valence-corrected chi connectivity index (χ4v) is 4.65. The molecule has 1 amide bonds. The van der Waals surface area contributed by atoms with Crippen LogP contribution in [0.4, 0.5) is 10.1 Å². The number of nitrogens with zero attached hydrogens (tertiary/aromatic N) is 2. The van der Waals surface area contributed by atoms with Crippen molar-refractivity contribution in [3.05, 3.63) is 86.8 Å². The number of carbonyl (C=O) groups is 2. The molecule has 1 aromatic heterocycles. The number of carbonyl (C=O) groups excluding carboxylic acids is 2. The number of ether oxygens (including phenoxy) is 1. The fourth-order valence-electron chi connectivity index (χ4n) is 3.78. The van der Waals surface area contributed by atoms with E-state index in [4.69, 9.17) is 4.74 Å². The number of Topliss-reactive ketones (excluding diaryl/α,β-unsaturated/α-hetero) is 1. The molecule has 0 aliphatic carbocycles. The van der Waals surface area contributed by atoms with Crippen LogP contribution >= 0.6 is 11.3 Å². The molecule has 0 saturated heterocycles. The number of anilines is 1. The minimum atomic E-state index is -1.00. The van der Waals surface area contributed by atoms with Crippen molar-refractivity contribution in [2.75, 3.05) is 12.0 Å². The number of thiazole rings is 1. The highest BCUT2D eigenvalue weighted by atomic mass is 32.1. The first-order valence-corrected chi connectivity index (χ1v) is 10.3. The molecule has 1 atom stereocenters. The van der Waals surface area contributed by atoms with E-state index in [0.717, 1.165) is 0 Å². The van der Waals surface area contributed by atoms with E-state index in [2.05, 4.69) is 4.98 Å². The highest BCUT2D eigenvalue weighted by Crippen LogP contribution is 2.45. The molecule has 158 valence electrons. The predicted octanol–water partition coefficient (Wildman–Crippen LogP) is 4.69. The number of ketones is 1. The van der Waals surface area contributed by atoms with Crippen LogP contribution in [0.25, 0.3) is 0 Å². The second-order valence-electron chi connectivity index (χ2n) is 7.04. The molecule has 0 bridgehead atoms. The Balaban J connectivity index is 1.94. The van der Waals surface area contributed by atoms with Gasteiger partial charge in [-0.15, -0.1) is 11.3 Å². The molecule has 1 unspecified atom stereocenters. The molecule has 1 aliphatic heterocycles. The number of aromatic nitrogens is 1. The zero-order valence-corrected chi connectivity index (χ0v) is 17.9. The molecular formula is C23H19FN2O4S. The van der Waals surface area contributed by atoms with Crippen LogP contribution in [-0.4, -0.2) is 28.9 Å². The Hall–Kier alpha value is -3.52. The number of hydrogen-bond donors (Lipinski definition) is 1. The van der Waals surface area contributed by atoms with E-state index in [-0.39, 0.29) is 11.3 Å². The second-order valence-corrected chi connectivity index (χ2v) is 8.24. The third-order valence-electron chi connectivity index (χ3n) is 5.08. The van der Waals surface area contributed by atoms with Gasteiger partial charge < -0.3 is 9.84 Å². The van der Waals surface area contributed by atoms with Crippen molar-refractivity contribution < 1.29 is 23.8 Å². The zero-order chi connectivity index (χ0) is 22.3. The lowest BCUT2D eigenvalue weighted by Crippen LogP contribution is -2.31. The lowest BCUT2D eigenvalue weighted by Gasteiger charge is -2.28. The van der Waals surface area contributed by atoms with Gasteiger partial charge in [0.05, 0.1) is 34.3 Å². The predicted molar refractivity (Wildman–Crippen MR) is 115 cm³/mol. The van der Waals surface area contributed by atoms with Crippen LogP contribution in [-0.2, 0) is 4.79 Å². The van der Waals surface area contributed by atoms with E-state index in [1.165, 1.54) is 41.5 Å². The van der Waals surface area contributed by atoms with Crippen LogP contribution in [0.5, 0.6) is 5.75 Å². The van der Waals surface area contributed by atoms with E-state index in [9.17, 15) is 19.1 Å². The van der Waals surface area contributed by atoms with E-state index in [0.29, 0.717) is 26.9 Å². The molecule has 0 spiro atoms. The van der Waals surface area contributed by atoms with Crippen LogP contribution in [0.1, 0.15) is 32.0 Å². The molecular weight excluding hydrogens is 419 g/mol. The monoisotopic (exact) mass is 438 g/mol. The molecule has 8 heteroatoms. The van der Waals surface area contributed by atoms with Gasteiger partial charge in [0.2, 0.25) is 5.78 Å². The smallest absolute Gasteiger partial charge is 0.294 e. The SMILES string of the molecule is COc1ccccc1C1C(C(=O)c2sc(C)nc2C)=C(O)C(=O)N1c1cccc(F)c1. The largest absolute Gasteiger partial charge is 0.503 e. The lowest BCUT2D eigenvalue weighted by molar-refractivity contribution is -0.117. The van der Waals surface area contributed by atoms with Crippen molar-refractivity contribution in [3.63, 3.8) is 0 Å². The minimum Gasteiger partial charge on any atom is -0.503 e. The van der Waals surface area contributed by atoms with Crippen LogP contribution in [0.2, 0.25) is 0 Å². The Kier molecular flexibility index (Phi) is 5.32. The van der Waals surface area contributed by atoms with Crippen molar-refractivity contribution in [1.82, 2.24) is 4.98 Å². The molecule has 0 fully saturated rings. The molecule has 0 saturated carbocycles. The van der Waals surface area contributed by atoms with Gasteiger partial charge in [-0.3, -0.25) is 14.5 Å². The summed E-state index contributed by atoms with van der Waals surface area (Å²) in [6.45, 7) is 3.48. The first-order chi connectivity index (χ1) is 14.8. The van der Waals surface area contributed by atoms with Gasteiger partial charge in [-0.25, -0.2) is 9.37 Å². The molecule has 4 rings (SSSR count). The summed E-state index contributed by atoms with van der Waals surface area (Å²) in [6.07, 6.45) is 0. The average molecular weight is 438 g/mol.